The second-order valence-electron chi connectivity index (χ2n) is 4.87. The van der Waals surface area contributed by atoms with Crippen LogP contribution in [0.4, 0.5) is 0 Å². The first-order valence-corrected chi connectivity index (χ1v) is 5.90. The molecule has 0 radical (unpaired) electrons. The van der Waals surface area contributed by atoms with E-state index in [0.717, 1.165) is 11.4 Å². The van der Waals surface area contributed by atoms with Crippen LogP contribution >= 0.6 is 11.6 Å². The van der Waals surface area contributed by atoms with E-state index in [0.29, 0.717) is 5.92 Å². The van der Waals surface area contributed by atoms with Gasteiger partial charge in [-0.05, 0) is 50.9 Å². The number of benzene rings is 1. The number of hydrogen-bond donors (Lipinski definition) is 1. The first-order chi connectivity index (χ1) is 7.06. The van der Waals surface area contributed by atoms with Gasteiger partial charge in [0, 0.05) is 16.5 Å². The minimum absolute atomic E-state index is 0.149. The Morgan fingerprint density at radius 3 is 2.80 bits per heavy atom. The molecule has 0 bridgehead atoms. The molecule has 1 aliphatic carbocycles. The molecule has 1 aromatic rings. The van der Waals surface area contributed by atoms with Crippen molar-refractivity contribution in [1.82, 2.24) is 5.32 Å². The molecular weight excluding hydrogens is 206 g/mol. The maximum Gasteiger partial charge on any atom is 0.0440 e. The van der Waals surface area contributed by atoms with Gasteiger partial charge >= 0.3 is 0 Å². The zero-order chi connectivity index (χ0) is 11.1. The van der Waals surface area contributed by atoms with Crippen LogP contribution in [-0.2, 0) is 6.42 Å². The van der Waals surface area contributed by atoms with Crippen molar-refractivity contribution in [1.29, 1.82) is 0 Å². The molecule has 82 valence electrons. The lowest BCUT2D eigenvalue weighted by Crippen LogP contribution is -2.41. The molecule has 1 aromatic carbocycles. The number of halogens is 1. The number of nitrogens with one attached hydrogen (secondary N) is 1. The topological polar surface area (TPSA) is 12.0 Å². The lowest BCUT2D eigenvalue weighted by atomic mass is 9.83. The molecule has 1 atom stereocenters. The Morgan fingerprint density at radius 2 is 2.13 bits per heavy atom. The third kappa shape index (κ3) is 1.79. The van der Waals surface area contributed by atoms with Crippen LogP contribution in [0.2, 0.25) is 5.02 Å². The van der Waals surface area contributed by atoms with Gasteiger partial charge in [0.05, 0.1) is 0 Å². The zero-order valence-electron chi connectivity index (χ0n) is 9.60. The molecule has 0 heterocycles. The highest BCUT2D eigenvalue weighted by molar-refractivity contribution is 6.31. The van der Waals surface area contributed by atoms with Gasteiger partial charge in [-0.2, -0.15) is 0 Å². The van der Waals surface area contributed by atoms with Crippen molar-refractivity contribution in [2.75, 3.05) is 7.05 Å². The van der Waals surface area contributed by atoms with E-state index in [2.05, 4.69) is 31.3 Å². The monoisotopic (exact) mass is 223 g/mol. The first-order valence-electron chi connectivity index (χ1n) is 5.52. The fourth-order valence-electron chi connectivity index (χ4n) is 2.53. The smallest absolute Gasteiger partial charge is 0.0440 e. The van der Waals surface area contributed by atoms with Gasteiger partial charge in [-0.15, -0.1) is 0 Å². The van der Waals surface area contributed by atoms with Gasteiger partial charge in [0.15, 0.2) is 0 Å². The molecule has 0 saturated carbocycles. The number of likely N-dealkylation sites (N-methyl/N-ethyl adjacent to an activating group) is 1. The highest BCUT2D eigenvalue weighted by Gasteiger charge is 2.34. The van der Waals surface area contributed by atoms with Crippen LogP contribution in [0.5, 0.6) is 0 Å². The van der Waals surface area contributed by atoms with E-state index >= 15 is 0 Å². The van der Waals surface area contributed by atoms with Gasteiger partial charge < -0.3 is 5.32 Å². The van der Waals surface area contributed by atoms with Crippen LogP contribution in [-0.4, -0.2) is 12.6 Å². The van der Waals surface area contributed by atoms with Gasteiger partial charge in [-0.25, -0.2) is 0 Å². The summed E-state index contributed by atoms with van der Waals surface area (Å²) >= 11 is 6.21. The van der Waals surface area contributed by atoms with E-state index in [1.807, 2.05) is 13.1 Å². The molecule has 0 fully saturated rings. The third-order valence-electron chi connectivity index (χ3n) is 3.73. The summed E-state index contributed by atoms with van der Waals surface area (Å²) in [4.78, 5) is 0. The van der Waals surface area contributed by atoms with Crippen molar-refractivity contribution in [3.63, 3.8) is 0 Å². The summed E-state index contributed by atoms with van der Waals surface area (Å²) in [6, 6.07) is 6.28. The average molecular weight is 224 g/mol. The molecule has 0 spiro atoms. The molecule has 0 aromatic heterocycles. The summed E-state index contributed by atoms with van der Waals surface area (Å²) < 4.78 is 0. The second kappa shape index (κ2) is 3.80. The van der Waals surface area contributed by atoms with Gasteiger partial charge in [-0.1, -0.05) is 23.7 Å². The molecule has 2 heteroatoms. The Labute approximate surface area is 96.8 Å². The van der Waals surface area contributed by atoms with E-state index in [1.165, 1.54) is 17.5 Å². The highest BCUT2D eigenvalue weighted by Crippen LogP contribution is 2.42. The molecule has 15 heavy (non-hydrogen) atoms. The third-order valence-corrected chi connectivity index (χ3v) is 4.08. The van der Waals surface area contributed by atoms with Crippen molar-refractivity contribution in [2.24, 2.45) is 0 Å². The summed E-state index contributed by atoms with van der Waals surface area (Å²) in [5.74, 6) is 0.580. The Bertz CT molecular complexity index is 371. The van der Waals surface area contributed by atoms with Crippen LogP contribution in [0.1, 0.15) is 37.3 Å². The summed E-state index contributed by atoms with van der Waals surface area (Å²) in [5, 5.41) is 4.33. The van der Waals surface area contributed by atoms with E-state index < -0.39 is 0 Å². The predicted molar refractivity (Wildman–Crippen MR) is 65.7 cm³/mol. The summed E-state index contributed by atoms with van der Waals surface area (Å²) in [7, 11) is 2.03. The van der Waals surface area contributed by atoms with E-state index in [1.54, 1.807) is 0 Å². The molecule has 0 aliphatic heterocycles. The van der Waals surface area contributed by atoms with Crippen molar-refractivity contribution >= 4 is 11.6 Å². The Hall–Kier alpha value is -0.530. The Kier molecular flexibility index (Phi) is 2.78. The van der Waals surface area contributed by atoms with Gasteiger partial charge in [0.2, 0.25) is 0 Å². The Balaban J connectivity index is 2.41. The van der Waals surface area contributed by atoms with Crippen molar-refractivity contribution < 1.29 is 0 Å². The van der Waals surface area contributed by atoms with Crippen LogP contribution in [0, 0.1) is 0 Å². The Morgan fingerprint density at radius 1 is 1.40 bits per heavy atom. The summed E-state index contributed by atoms with van der Waals surface area (Å²) in [6.45, 7) is 4.52. The largest absolute Gasteiger partial charge is 0.314 e. The summed E-state index contributed by atoms with van der Waals surface area (Å²) in [5.41, 5.74) is 2.94. The number of hydrogen-bond acceptors (Lipinski definition) is 1. The molecular formula is C13H18ClN. The van der Waals surface area contributed by atoms with E-state index in [9.17, 15) is 0 Å². The number of fused-ring (bicyclic) bond motifs is 1. The van der Waals surface area contributed by atoms with Gasteiger partial charge in [-0.3, -0.25) is 0 Å². The quantitative estimate of drug-likeness (QED) is 0.811. The van der Waals surface area contributed by atoms with Crippen molar-refractivity contribution in [3.8, 4) is 0 Å². The van der Waals surface area contributed by atoms with Crippen molar-refractivity contribution in [3.05, 3.63) is 34.3 Å². The molecule has 2 rings (SSSR count). The van der Waals surface area contributed by atoms with Gasteiger partial charge in [0.1, 0.15) is 0 Å². The second-order valence-corrected chi connectivity index (χ2v) is 5.28. The standard InChI is InChI=1S/C13H18ClN/c1-13(2,15-3)11-8-7-10-9(11)5-4-6-12(10)14/h4-6,11,15H,7-8H2,1-3H3. The molecule has 1 unspecified atom stereocenters. The molecule has 0 amide bonds. The lowest BCUT2D eigenvalue weighted by Gasteiger charge is -2.32. The van der Waals surface area contributed by atoms with Crippen LogP contribution in [0.25, 0.3) is 0 Å². The maximum absolute atomic E-state index is 6.21. The number of rotatable bonds is 2. The SMILES string of the molecule is CNC(C)(C)C1CCc2c(Cl)cccc21. The fourth-order valence-corrected chi connectivity index (χ4v) is 2.81. The van der Waals surface area contributed by atoms with Crippen molar-refractivity contribution in [2.45, 2.75) is 38.1 Å². The van der Waals surface area contributed by atoms with Crippen LogP contribution in [0.3, 0.4) is 0 Å². The van der Waals surface area contributed by atoms with Crippen LogP contribution < -0.4 is 5.32 Å². The molecule has 0 saturated heterocycles. The molecule has 1 nitrogen and oxygen atoms in total. The molecule has 1 N–H and O–H groups in total. The van der Waals surface area contributed by atoms with Gasteiger partial charge in [0.25, 0.3) is 0 Å². The lowest BCUT2D eigenvalue weighted by molar-refractivity contribution is 0.341. The zero-order valence-corrected chi connectivity index (χ0v) is 10.4. The van der Waals surface area contributed by atoms with E-state index in [-0.39, 0.29) is 5.54 Å². The molecule has 1 aliphatic rings. The highest BCUT2D eigenvalue weighted by atomic mass is 35.5. The minimum atomic E-state index is 0.149. The minimum Gasteiger partial charge on any atom is -0.314 e. The first kappa shape index (κ1) is 11.0. The average Bonchev–Trinajstić information content (AvgIpc) is 2.63. The predicted octanol–water partition coefficient (Wildman–Crippen LogP) is 3.37. The summed E-state index contributed by atoms with van der Waals surface area (Å²) in [6.07, 6.45) is 2.32. The fraction of sp³-hybridized carbons (Fsp3) is 0.538. The normalized spacial score (nSPS) is 20.4. The maximum atomic E-state index is 6.21. The van der Waals surface area contributed by atoms with Crippen LogP contribution in [0.15, 0.2) is 18.2 Å². The van der Waals surface area contributed by atoms with E-state index in [4.69, 9.17) is 11.6 Å².